The second-order valence-electron chi connectivity index (χ2n) is 7.52. The molecule has 0 bridgehead atoms. The summed E-state index contributed by atoms with van der Waals surface area (Å²) in [5, 5.41) is 0. The van der Waals surface area contributed by atoms with Crippen molar-refractivity contribution < 1.29 is 9.47 Å². The van der Waals surface area contributed by atoms with Crippen LogP contribution in [0.4, 0.5) is 17.5 Å². The lowest BCUT2D eigenvalue weighted by Crippen LogP contribution is -2.43. The molecule has 2 aromatic heterocycles. The van der Waals surface area contributed by atoms with Crippen LogP contribution in [0.15, 0.2) is 12.3 Å². The van der Waals surface area contributed by atoms with Crippen LogP contribution in [0, 0.1) is 0 Å². The van der Waals surface area contributed by atoms with E-state index in [1.807, 2.05) is 12.3 Å². The highest BCUT2D eigenvalue weighted by atomic mass is 16.5. The molecule has 0 unspecified atom stereocenters. The first-order chi connectivity index (χ1) is 13.7. The summed E-state index contributed by atoms with van der Waals surface area (Å²) in [4.78, 5) is 19.1. The van der Waals surface area contributed by atoms with Crippen molar-refractivity contribution in [2.75, 3.05) is 61.6 Å². The Kier molecular flexibility index (Phi) is 4.52. The van der Waals surface area contributed by atoms with Gasteiger partial charge in [-0.05, 0) is 18.1 Å². The van der Waals surface area contributed by atoms with Crippen LogP contribution in [0.1, 0.15) is 18.1 Å². The van der Waals surface area contributed by atoms with Crippen LogP contribution >= 0.6 is 0 Å². The van der Waals surface area contributed by atoms with E-state index in [1.165, 1.54) is 5.56 Å². The summed E-state index contributed by atoms with van der Waals surface area (Å²) in [6.07, 6.45) is 3.60. The Morgan fingerprint density at radius 1 is 1.11 bits per heavy atom. The van der Waals surface area contributed by atoms with Crippen LogP contribution in [0.3, 0.4) is 0 Å². The van der Waals surface area contributed by atoms with Crippen molar-refractivity contribution in [1.29, 1.82) is 0 Å². The highest BCUT2D eigenvalue weighted by Gasteiger charge is 2.37. The van der Waals surface area contributed by atoms with E-state index in [0.717, 1.165) is 87.5 Å². The van der Waals surface area contributed by atoms with E-state index in [-0.39, 0.29) is 0 Å². The Hall–Kier alpha value is -2.45. The van der Waals surface area contributed by atoms with Gasteiger partial charge in [0, 0.05) is 43.4 Å². The van der Waals surface area contributed by atoms with Crippen molar-refractivity contribution in [2.24, 2.45) is 0 Å². The smallest absolute Gasteiger partial charge is 0.165 e. The van der Waals surface area contributed by atoms with E-state index in [9.17, 15) is 0 Å². The van der Waals surface area contributed by atoms with Crippen LogP contribution in [-0.4, -0.2) is 67.1 Å². The van der Waals surface area contributed by atoms with Crippen LogP contribution in [0.5, 0.6) is 0 Å². The van der Waals surface area contributed by atoms with Gasteiger partial charge in [0.05, 0.1) is 32.5 Å². The summed E-state index contributed by atoms with van der Waals surface area (Å²) < 4.78 is 11.3. The normalized spacial score (nSPS) is 21.5. The SMILES string of the molecule is CCc1cc(N)ncc1-c1nc(N2CCOCC2)c2c(n1)N1CCOC[C@H]1C2. The van der Waals surface area contributed by atoms with E-state index < -0.39 is 0 Å². The molecule has 2 saturated heterocycles. The van der Waals surface area contributed by atoms with Crippen molar-refractivity contribution in [3.63, 3.8) is 0 Å². The molecule has 0 aliphatic carbocycles. The highest BCUT2D eigenvalue weighted by molar-refractivity contribution is 5.72. The fraction of sp³-hybridized carbons (Fsp3) is 0.550. The first kappa shape index (κ1) is 17.6. The largest absolute Gasteiger partial charge is 0.384 e. The molecule has 0 amide bonds. The third-order valence-electron chi connectivity index (χ3n) is 5.85. The number of pyridine rings is 1. The first-order valence-electron chi connectivity index (χ1n) is 10.1. The summed E-state index contributed by atoms with van der Waals surface area (Å²) in [5.74, 6) is 3.36. The lowest BCUT2D eigenvalue weighted by molar-refractivity contribution is 0.0973. The second-order valence-corrected chi connectivity index (χ2v) is 7.52. The molecule has 0 radical (unpaired) electrons. The molecule has 5 rings (SSSR count). The maximum Gasteiger partial charge on any atom is 0.165 e. The molecule has 3 aliphatic heterocycles. The average molecular weight is 382 g/mol. The quantitative estimate of drug-likeness (QED) is 0.849. The molecule has 2 aromatic rings. The molecule has 2 N–H and O–H groups in total. The first-order valence-corrected chi connectivity index (χ1v) is 10.1. The number of nitrogens with zero attached hydrogens (tertiary/aromatic N) is 5. The van der Waals surface area contributed by atoms with Gasteiger partial charge in [0.25, 0.3) is 0 Å². The minimum atomic E-state index is 0.350. The third-order valence-corrected chi connectivity index (χ3v) is 5.85. The van der Waals surface area contributed by atoms with Crippen molar-refractivity contribution in [2.45, 2.75) is 25.8 Å². The van der Waals surface area contributed by atoms with Gasteiger partial charge in [-0.3, -0.25) is 0 Å². The maximum absolute atomic E-state index is 5.91. The number of nitrogen functional groups attached to an aromatic ring is 1. The van der Waals surface area contributed by atoms with Gasteiger partial charge in [-0.2, -0.15) is 0 Å². The Bertz CT molecular complexity index is 883. The van der Waals surface area contributed by atoms with E-state index in [2.05, 4.69) is 21.7 Å². The van der Waals surface area contributed by atoms with E-state index in [0.29, 0.717) is 11.9 Å². The molecular formula is C20H26N6O2. The lowest BCUT2D eigenvalue weighted by atomic mass is 10.1. The molecule has 0 spiro atoms. The molecule has 148 valence electrons. The summed E-state index contributed by atoms with van der Waals surface area (Å²) in [6, 6.07) is 2.28. The highest BCUT2D eigenvalue weighted by Crippen LogP contribution is 2.39. The Labute approximate surface area is 164 Å². The fourth-order valence-electron chi connectivity index (χ4n) is 4.39. The Morgan fingerprint density at radius 3 is 2.71 bits per heavy atom. The van der Waals surface area contributed by atoms with Gasteiger partial charge in [-0.1, -0.05) is 6.92 Å². The molecule has 1 atom stereocenters. The van der Waals surface area contributed by atoms with Crippen LogP contribution < -0.4 is 15.5 Å². The molecule has 0 saturated carbocycles. The van der Waals surface area contributed by atoms with Gasteiger partial charge in [-0.25, -0.2) is 15.0 Å². The third kappa shape index (κ3) is 2.97. The van der Waals surface area contributed by atoms with Gasteiger partial charge in [-0.15, -0.1) is 0 Å². The van der Waals surface area contributed by atoms with Gasteiger partial charge in [0.2, 0.25) is 0 Å². The molecule has 28 heavy (non-hydrogen) atoms. The van der Waals surface area contributed by atoms with Crippen molar-refractivity contribution >= 4 is 17.5 Å². The minimum absolute atomic E-state index is 0.350. The number of hydrogen-bond donors (Lipinski definition) is 1. The molecular weight excluding hydrogens is 356 g/mol. The standard InChI is InChI=1S/C20H26N6O2/c1-2-13-9-17(21)22-11-16(13)18-23-19(25-3-6-27-7-4-25)15-10-14-12-28-8-5-26(14)20(15)24-18/h9,11,14H,2-8,10,12H2,1H3,(H2,21,22)/t14-/m1/s1. The molecule has 5 heterocycles. The number of ether oxygens (including phenoxy) is 2. The molecule has 2 fully saturated rings. The second kappa shape index (κ2) is 7.18. The molecule has 0 aromatic carbocycles. The lowest BCUT2D eigenvalue weighted by Gasteiger charge is -2.31. The predicted molar refractivity (Wildman–Crippen MR) is 108 cm³/mol. The van der Waals surface area contributed by atoms with Crippen LogP contribution in [0.2, 0.25) is 0 Å². The van der Waals surface area contributed by atoms with Gasteiger partial charge in [0.15, 0.2) is 5.82 Å². The summed E-state index contributed by atoms with van der Waals surface area (Å²) >= 11 is 0. The van der Waals surface area contributed by atoms with E-state index in [1.54, 1.807) is 0 Å². The maximum atomic E-state index is 5.91. The van der Waals surface area contributed by atoms with Gasteiger partial charge in [0.1, 0.15) is 17.5 Å². The average Bonchev–Trinajstić information content (AvgIpc) is 3.12. The number of hydrogen-bond acceptors (Lipinski definition) is 8. The predicted octanol–water partition coefficient (Wildman–Crippen LogP) is 1.28. The zero-order valence-corrected chi connectivity index (χ0v) is 16.2. The number of morpholine rings is 2. The number of aryl methyl sites for hydroxylation is 1. The van der Waals surface area contributed by atoms with Gasteiger partial charge < -0.3 is 25.0 Å². The number of rotatable bonds is 3. The number of aromatic nitrogens is 3. The Morgan fingerprint density at radius 2 is 1.89 bits per heavy atom. The van der Waals surface area contributed by atoms with Crippen molar-refractivity contribution in [3.05, 3.63) is 23.4 Å². The van der Waals surface area contributed by atoms with Crippen LogP contribution in [-0.2, 0) is 22.3 Å². The zero-order valence-electron chi connectivity index (χ0n) is 16.2. The minimum Gasteiger partial charge on any atom is -0.384 e. The summed E-state index contributed by atoms with van der Waals surface area (Å²) in [6.45, 7) is 7.64. The summed E-state index contributed by atoms with van der Waals surface area (Å²) in [7, 11) is 0. The van der Waals surface area contributed by atoms with Crippen LogP contribution in [0.25, 0.3) is 11.4 Å². The van der Waals surface area contributed by atoms with Crippen molar-refractivity contribution in [1.82, 2.24) is 15.0 Å². The van der Waals surface area contributed by atoms with E-state index in [4.69, 9.17) is 25.2 Å². The number of fused-ring (bicyclic) bond motifs is 3. The fourth-order valence-corrected chi connectivity index (χ4v) is 4.39. The van der Waals surface area contributed by atoms with E-state index >= 15 is 0 Å². The molecule has 3 aliphatic rings. The molecule has 8 nitrogen and oxygen atoms in total. The number of nitrogens with two attached hydrogens (primary N) is 1. The summed E-state index contributed by atoms with van der Waals surface area (Å²) in [5.41, 5.74) is 9.23. The topological polar surface area (TPSA) is 89.6 Å². The monoisotopic (exact) mass is 382 g/mol. The molecule has 8 heteroatoms. The zero-order chi connectivity index (χ0) is 19.1. The number of anilines is 3. The van der Waals surface area contributed by atoms with Crippen molar-refractivity contribution in [3.8, 4) is 11.4 Å². The Balaban J connectivity index is 1.65. The van der Waals surface area contributed by atoms with Gasteiger partial charge >= 0.3 is 0 Å².